The van der Waals surface area contributed by atoms with Gasteiger partial charge in [-0.25, -0.2) is 9.78 Å². The van der Waals surface area contributed by atoms with E-state index in [2.05, 4.69) is 4.98 Å². The average Bonchev–Trinajstić information content (AvgIpc) is 2.78. The smallest absolute Gasteiger partial charge is 0.410 e. The van der Waals surface area contributed by atoms with Gasteiger partial charge >= 0.3 is 6.09 Å². The van der Waals surface area contributed by atoms with Gasteiger partial charge in [-0.15, -0.1) is 11.3 Å². The largest absolute Gasteiger partial charge is 0.441 e. The second-order valence-corrected chi connectivity index (χ2v) is 5.42. The molecule has 0 radical (unpaired) electrons. The maximum Gasteiger partial charge on any atom is 0.410 e. The number of hydrogen-bond donors (Lipinski definition) is 1. The number of nitrogens with two attached hydrogens (primary N) is 1. The molecule has 1 aliphatic rings. The van der Waals surface area contributed by atoms with E-state index in [9.17, 15) is 4.79 Å². The molecule has 94 valence electrons. The van der Waals surface area contributed by atoms with Crippen molar-refractivity contribution in [3.63, 3.8) is 0 Å². The van der Waals surface area contributed by atoms with Gasteiger partial charge in [0.25, 0.3) is 0 Å². The van der Waals surface area contributed by atoms with Crippen LogP contribution in [0.4, 0.5) is 4.79 Å². The molecule has 2 N–H and O–H groups in total. The maximum absolute atomic E-state index is 10.9. The monoisotopic (exact) mass is 264 g/mol. The molecule has 0 atom stereocenters. The number of oxazole rings is 1. The van der Waals surface area contributed by atoms with Gasteiger partial charge in [0.1, 0.15) is 0 Å². The summed E-state index contributed by atoms with van der Waals surface area (Å²) in [4.78, 5) is 16.3. The van der Waals surface area contributed by atoms with Crippen molar-refractivity contribution in [2.45, 2.75) is 26.7 Å². The van der Waals surface area contributed by atoms with E-state index in [1.807, 2.05) is 13.8 Å². The second kappa shape index (κ2) is 3.84. The Balaban J connectivity index is 2.16. The lowest BCUT2D eigenvalue weighted by Crippen LogP contribution is -2.16. The van der Waals surface area contributed by atoms with Crippen LogP contribution in [-0.2, 0) is 12.8 Å². The number of rotatable bonds is 1. The summed E-state index contributed by atoms with van der Waals surface area (Å²) >= 11 is 1.42. The van der Waals surface area contributed by atoms with Gasteiger partial charge in [-0.1, -0.05) is 0 Å². The molecule has 18 heavy (non-hydrogen) atoms. The summed E-state index contributed by atoms with van der Waals surface area (Å²) in [5.74, 6) is 1.47. The SMILES string of the molecule is Cc1nc2c(o1)-c1c(C)sc(OC(N)=O)c1CC2. The number of aromatic nitrogens is 1. The van der Waals surface area contributed by atoms with Crippen LogP contribution in [0.25, 0.3) is 11.3 Å². The number of hydrogen-bond acceptors (Lipinski definition) is 5. The summed E-state index contributed by atoms with van der Waals surface area (Å²) < 4.78 is 10.7. The van der Waals surface area contributed by atoms with Crippen molar-refractivity contribution in [1.29, 1.82) is 0 Å². The first-order chi connectivity index (χ1) is 8.56. The van der Waals surface area contributed by atoms with Crippen LogP contribution in [0.15, 0.2) is 4.42 Å². The summed E-state index contributed by atoms with van der Waals surface area (Å²) in [5, 5.41) is 0.578. The van der Waals surface area contributed by atoms with E-state index in [1.54, 1.807) is 0 Å². The molecule has 1 amide bonds. The molecule has 0 unspecified atom stereocenters. The first kappa shape index (κ1) is 11.3. The van der Waals surface area contributed by atoms with E-state index in [-0.39, 0.29) is 0 Å². The normalized spacial score (nSPS) is 13.0. The van der Waals surface area contributed by atoms with E-state index in [0.717, 1.165) is 40.3 Å². The first-order valence-electron chi connectivity index (χ1n) is 5.62. The van der Waals surface area contributed by atoms with Crippen molar-refractivity contribution in [3.8, 4) is 16.4 Å². The fraction of sp³-hybridized carbons (Fsp3) is 0.333. The summed E-state index contributed by atoms with van der Waals surface area (Å²) in [7, 11) is 0. The van der Waals surface area contributed by atoms with Crippen LogP contribution in [0.3, 0.4) is 0 Å². The molecule has 2 aromatic heterocycles. The van der Waals surface area contributed by atoms with Gasteiger partial charge in [0, 0.05) is 22.9 Å². The van der Waals surface area contributed by atoms with Crippen LogP contribution in [0.5, 0.6) is 5.06 Å². The van der Waals surface area contributed by atoms with E-state index in [4.69, 9.17) is 14.9 Å². The number of carbonyl (C=O) groups is 1. The van der Waals surface area contributed by atoms with Gasteiger partial charge in [-0.2, -0.15) is 0 Å². The van der Waals surface area contributed by atoms with Crippen molar-refractivity contribution in [1.82, 2.24) is 4.98 Å². The number of fused-ring (bicyclic) bond motifs is 3. The molecule has 5 nitrogen and oxygen atoms in total. The van der Waals surface area contributed by atoms with Crippen molar-refractivity contribution in [2.75, 3.05) is 0 Å². The average molecular weight is 264 g/mol. The number of amides is 1. The third-order valence-electron chi connectivity index (χ3n) is 2.98. The Hall–Kier alpha value is -1.82. The lowest BCUT2D eigenvalue weighted by molar-refractivity contribution is 0.212. The zero-order valence-corrected chi connectivity index (χ0v) is 10.9. The van der Waals surface area contributed by atoms with E-state index in [0.29, 0.717) is 11.0 Å². The predicted octanol–water partition coefficient (Wildman–Crippen LogP) is 2.58. The number of nitrogens with zero attached hydrogens (tertiary/aromatic N) is 1. The summed E-state index contributed by atoms with van der Waals surface area (Å²) in [6, 6.07) is 0. The highest BCUT2D eigenvalue weighted by molar-refractivity contribution is 7.14. The van der Waals surface area contributed by atoms with E-state index < -0.39 is 6.09 Å². The minimum atomic E-state index is -0.779. The zero-order chi connectivity index (χ0) is 12.9. The molecule has 0 bridgehead atoms. The third-order valence-corrected chi connectivity index (χ3v) is 4.01. The standard InChI is InChI=1S/C12H12N2O3S/c1-5-9-7(11(18-5)17-12(13)15)3-4-8-10(9)16-6(2)14-8/h3-4H2,1-2H3,(H2,13,15). The van der Waals surface area contributed by atoms with Gasteiger partial charge in [-0.3, -0.25) is 0 Å². The molecule has 1 aliphatic carbocycles. The van der Waals surface area contributed by atoms with Gasteiger partial charge in [-0.05, 0) is 19.8 Å². The fourth-order valence-corrected chi connectivity index (χ4v) is 3.39. The quantitative estimate of drug-likeness (QED) is 0.858. The van der Waals surface area contributed by atoms with Crippen LogP contribution >= 0.6 is 11.3 Å². The highest BCUT2D eigenvalue weighted by Crippen LogP contribution is 2.46. The molecule has 0 aliphatic heterocycles. The molecule has 0 aromatic carbocycles. The molecular formula is C12H12N2O3S. The lowest BCUT2D eigenvalue weighted by atomic mass is 9.95. The highest BCUT2D eigenvalue weighted by Gasteiger charge is 2.29. The fourth-order valence-electron chi connectivity index (χ4n) is 2.34. The number of thiophene rings is 1. The number of aryl methyl sites for hydroxylation is 3. The van der Waals surface area contributed by atoms with Crippen LogP contribution in [-0.4, -0.2) is 11.1 Å². The van der Waals surface area contributed by atoms with Crippen LogP contribution in [0, 0.1) is 13.8 Å². The molecular weight excluding hydrogens is 252 g/mol. The van der Waals surface area contributed by atoms with Gasteiger partial charge < -0.3 is 14.9 Å². The maximum atomic E-state index is 10.9. The molecule has 2 heterocycles. The molecule has 2 aromatic rings. The van der Waals surface area contributed by atoms with E-state index >= 15 is 0 Å². The lowest BCUT2D eigenvalue weighted by Gasteiger charge is -2.11. The predicted molar refractivity (Wildman–Crippen MR) is 66.9 cm³/mol. The van der Waals surface area contributed by atoms with Crippen LogP contribution in [0.1, 0.15) is 22.0 Å². The second-order valence-electron chi connectivity index (χ2n) is 4.23. The topological polar surface area (TPSA) is 78.3 Å². The Kier molecular flexibility index (Phi) is 2.41. The van der Waals surface area contributed by atoms with Crippen LogP contribution in [0.2, 0.25) is 0 Å². The summed E-state index contributed by atoms with van der Waals surface area (Å²) in [6.07, 6.45) is 0.810. The third kappa shape index (κ3) is 1.60. The van der Waals surface area contributed by atoms with E-state index in [1.165, 1.54) is 11.3 Å². The molecule has 6 heteroatoms. The number of primary amides is 1. The Morgan fingerprint density at radius 1 is 1.44 bits per heavy atom. The van der Waals surface area contributed by atoms with Gasteiger partial charge in [0.05, 0.1) is 5.69 Å². The molecule has 0 saturated heterocycles. The minimum absolute atomic E-state index is 0.578. The van der Waals surface area contributed by atoms with Crippen molar-refractivity contribution >= 4 is 17.4 Å². The Labute approximate surface area is 108 Å². The van der Waals surface area contributed by atoms with Crippen LogP contribution < -0.4 is 10.5 Å². The highest BCUT2D eigenvalue weighted by atomic mass is 32.1. The number of carbonyl (C=O) groups excluding carboxylic acids is 1. The van der Waals surface area contributed by atoms with Gasteiger partial charge in [0.15, 0.2) is 16.7 Å². The van der Waals surface area contributed by atoms with Gasteiger partial charge in [0.2, 0.25) is 0 Å². The molecule has 0 fully saturated rings. The summed E-state index contributed by atoms with van der Waals surface area (Å²) in [6.45, 7) is 3.81. The van der Waals surface area contributed by atoms with Crippen molar-refractivity contribution in [2.24, 2.45) is 5.73 Å². The Morgan fingerprint density at radius 3 is 2.94 bits per heavy atom. The van der Waals surface area contributed by atoms with Crippen molar-refractivity contribution < 1.29 is 13.9 Å². The zero-order valence-electron chi connectivity index (χ0n) is 10.1. The Morgan fingerprint density at radius 2 is 2.22 bits per heavy atom. The molecule has 3 rings (SSSR count). The Bertz CT molecular complexity index is 642. The molecule has 0 spiro atoms. The number of ether oxygens (including phenoxy) is 1. The summed E-state index contributed by atoms with van der Waals surface area (Å²) in [5.41, 5.74) is 8.07. The minimum Gasteiger partial charge on any atom is -0.441 e. The van der Waals surface area contributed by atoms with Crippen molar-refractivity contribution in [3.05, 3.63) is 22.0 Å². The first-order valence-corrected chi connectivity index (χ1v) is 6.44. The molecule has 0 saturated carbocycles.